The van der Waals surface area contributed by atoms with Crippen molar-refractivity contribution in [2.75, 3.05) is 30.4 Å². The molecule has 1 aromatic rings. The molecule has 24 heavy (non-hydrogen) atoms. The van der Waals surface area contributed by atoms with Crippen molar-refractivity contribution in [3.63, 3.8) is 0 Å². The predicted molar refractivity (Wildman–Crippen MR) is 94.3 cm³/mol. The number of aromatic nitrogens is 1. The van der Waals surface area contributed by atoms with Gasteiger partial charge >= 0.3 is 0 Å². The second-order valence-electron chi connectivity index (χ2n) is 6.69. The number of carbonyl (C=O) groups is 2. The number of unbranched alkanes of at least 4 members (excludes halogenated alkanes) is 1. The van der Waals surface area contributed by atoms with E-state index in [1.54, 1.807) is 24.2 Å². The maximum Gasteiger partial charge on any atom is 0.255 e. The fourth-order valence-electron chi connectivity index (χ4n) is 3.53. The van der Waals surface area contributed by atoms with Gasteiger partial charge in [-0.25, -0.2) is 4.98 Å². The highest BCUT2D eigenvalue weighted by atomic mass is 16.2. The number of hydrogen-bond acceptors (Lipinski definition) is 4. The summed E-state index contributed by atoms with van der Waals surface area (Å²) in [6.07, 6.45) is 8.29. The van der Waals surface area contributed by atoms with Gasteiger partial charge in [0.25, 0.3) is 5.91 Å². The largest absolute Gasteiger partial charge is 0.359 e. The summed E-state index contributed by atoms with van der Waals surface area (Å²) in [6.45, 7) is 3.18. The first-order valence-corrected chi connectivity index (χ1v) is 8.93. The molecule has 0 atom stereocenters. The fourth-order valence-corrected chi connectivity index (χ4v) is 3.53. The van der Waals surface area contributed by atoms with Crippen molar-refractivity contribution in [3.05, 3.63) is 17.8 Å². The van der Waals surface area contributed by atoms with E-state index in [1.165, 1.54) is 12.8 Å². The molecule has 0 radical (unpaired) electrons. The number of likely N-dealkylation sites (N-methyl/N-ethyl adjacent to an activating group) is 1. The Hall–Kier alpha value is -2.11. The van der Waals surface area contributed by atoms with Crippen molar-refractivity contribution < 1.29 is 9.59 Å². The molecule has 1 aliphatic heterocycles. The Balaban J connectivity index is 1.85. The monoisotopic (exact) mass is 330 g/mol. The predicted octanol–water partition coefficient (Wildman–Crippen LogP) is 2.65. The topological polar surface area (TPSA) is 65.5 Å². The lowest BCUT2D eigenvalue weighted by Gasteiger charge is -2.30. The highest BCUT2D eigenvalue weighted by Gasteiger charge is 2.29. The maximum absolute atomic E-state index is 13.1. The Morgan fingerprint density at radius 1 is 1.42 bits per heavy atom. The van der Waals surface area contributed by atoms with E-state index in [9.17, 15) is 9.59 Å². The lowest BCUT2D eigenvalue weighted by Crippen LogP contribution is -2.40. The molecule has 0 unspecified atom stereocenters. The van der Waals surface area contributed by atoms with Crippen LogP contribution in [-0.4, -0.2) is 47.9 Å². The number of anilines is 2. The van der Waals surface area contributed by atoms with Gasteiger partial charge in [0.2, 0.25) is 5.91 Å². The third-order valence-electron chi connectivity index (χ3n) is 5.04. The van der Waals surface area contributed by atoms with Crippen molar-refractivity contribution in [1.29, 1.82) is 0 Å². The van der Waals surface area contributed by atoms with Gasteiger partial charge in [-0.3, -0.25) is 9.59 Å². The summed E-state index contributed by atoms with van der Waals surface area (Å²) in [4.78, 5) is 32.9. The molecule has 2 heterocycles. The second kappa shape index (κ2) is 7.20. The van der Waals surface area contributed by atoms with Gasteiger partial charge in [-0.1, -0.05) is 26.2 Å². The van der Waals surface area contributed by atoms with Gasteiger partial charge in [-0.05, 0) is 25.3 Å². The molecule has 130 valence electrons. The summed E-state index contributed by atoms with van der Waals surface area (Å²) in [6, 6.07) is 2.14. The van der Waals surface area contributed by atoms with Gasteiger partial charge < -0.3 is 15.1 Å². The Kier molecular flexibility index (Phi) is 5.02. The van der Waals surface area contributed by atoms with Crippen molar-refractivity contribution in [2.24, 2.45) is 0 Å². The van der Waals surface area contributed by atoms with Crippen LogP contribution in [0, 0.1) is 0 Å². The van der Waals surface area contributed by atoms with Crippen LogP contribution in [0.4, 0.5) is 11.5 Å². The van der Waals surface area contributed by atoms with Gasteiger partial charge in [0, 0.05) is 25.8 Å². The zero-order valence-electron chi connectivity index (χ0n) is 14.5. The minimum Gasteiger partial charge on any atom is -0.359 e. The van der Waals surface area contributed by atoms with Crippen molar-refractivity contribution in [2.45, 2.75) is 51.5 Å². The number of amides is 2. The number of pyridine rings is 1. The molecule has 6 nitrogen and oxygen atoms in total. The summed E-state index contributed by atoms with van der Waals surface area (Å²) in [5.41, 5.74) is 1.25. The van der Waals surface area contributed by atoms with E-state index < -0.39 is 0 Å². The van der Waals surface area contributed by atoms with Gasteiger partial charge in [-0.2, -0.15) is 0 Å². The molecule has 1 aliphatic carbocycles. The molecule has 0 spiro atoms. The summed E-state index contributed by atoms with van der Waals surface area (Å²) in [5.74, 6) is 0.680. The van der Waals surface area contributed by atoms with Crippen molar-refractivity contribution >= 4 is 23.3 Å². The normalized spacial score (nSPS) is 17.6. The van der Waals surface area contributed by atoms with E-state index >= 15 is 0 Å². The summed E-state index contributed by atoms with van der Waals surface area (Å²) >= 11 is 0. The van der Waals surface area contributed by atoms with Gasteiger partial charge in [0.05, 0.1) is 17.8 Å². The molecular formula is C18H26N4O2. The van der Waals surface area contributed by atoms with Gasteiger partial charge in [0.1, 0.15) is 5.82 Å². The van der Waals surface area contributed by atoms with Crippen molar-refractivity contribution in [1.82, 2.24) is 9.88 Å². The smallest absolute Gasteiger partial charge is 0.255 e. The molecular weight excluding hydrogens is 304 g/mol. The van der Waals surface area contributed by atoms with Crippen LogP contribution in [0.2, 0.25) is 0 Å². The highest BCUT2D eigenvalue weighted by Crippen LogP contribution is 2.29. The average molecular weight is 330 g/mol. The third kappa shape index (κ3) is 3.23. The molecule has 2 amide bonds. The summed E-state index contributed by atoms with van der Waals surface area (Å²) < 4.78 is 0. The maximum atomic E-state index is 13.1. The summed E-state index contributed by atoms with van der Waals surface area (Å²) in [7, 11) is 1.73. The van der Waals surface area contributed by atoms with Crippen LogP contribution in [0.1, 0.15) is 55.8 Å². The van der Waals surface area contributed by atoms with E-state index in [4.69, 9.17) is 0 Å². The lowest BCUT2D eigenvalue weighted by atomic mass is 10.1. The third-order valence-corrected chi connectivity index (χ3v) is 5.04. The Bertz CT molecular complexity index is 625. The van der Waals surface area contributed by atoms with E-state index in [0.717, 1.165) is 32.2 Å². The van der Waals surface area contributed by atoms with E-state index in [1.807, 2.05) is 4.90 Å². The standard InChI is InChI=1S/C18H26N4O2/c1-3-4-9-22(14-7-5-6-8-14)18(24)13-10-15-17(19-11-13)20-12-16(23)21(15)2/h10-11,14H,3-9,12H2,1-2H3,(H,19,20). The first-order valence-electron chi connectivity index (χ1n) is 8.93. The molecule has 1 saturated carbocycles. The molecule has 3 rings (SSSR count). The highest BCUT2D eigenvalue weighted by molar-refractivity contribution is 6.03. The molecule has 0 aromatic carbocycles. The van der Waals surface area contributed by atoms with E-state index in [-0.39, 0.29) is 18.4 Å². The number of nitrogens with one attached hydrogen (secondary N) is 1. The molecule has 6 heteroatoms. The SMILES string of the molecule is CCCCN(C(=O)c1cnc2c(c1)N(C)C(=O)CN2)C1CCCC1. The quantitative estimate of drug-likeness (QED) is 0.901. The van der Waals surface area contributed by atoms with Crippen molar-refractivity contribution in [3.8, 4) is 0 Å². The zero-order valence-corrected chi connectivity index (χ0v) is 14.5. The number of hydrogen-bond donors (Lipinski definition) is 1. The number of nitrogens with zero attached hydrogens (tertiary/aromatic N) is 3. The molecule has 1 fully saturated rings. The Labute approximate surface area is 143 Å². The van der Waals surface area contributed by atoms with Crippen LogP contribution in [0.5, 0.6) is 0 Å². The Morgan fingerprint density at radius 2 is 2.17 bits per heavy atom. The van der Waals surface area contributed by atoms with Gasteiger partial charge in [-0.15, -0.1) is 0 Å². The van der Waals surface area contributed by atoms with Gasteiger partial charge in [0.15, 0.2) is 0 Å². The fraction of sp³-hybridized carbons (Fsp3) is 0.611. The molecule has 2 aliphatic rings. The van der Waals surface area contributed by atoms with Crippen LogP contribution < -0.4 is 10.2 Å². The number of carbonyl (C=O) groups excluding carboxylic acids is 2. The average Bonchev–Trinajstić information content (AvgIpc) is 3.12. The van der Waals surface area contributed by atoms with Crippen LogP contribution in [0.25, 0.3) is 0 Å². The minimum atomic E-state index is -0.0208. The second-order valence-corrected chi connectivity index (χ2v) is 6.69. The molecule has 1 N–H and O–H groups in total. The minimum absolute atomic E-state index is 0.0208. The molecule has 0 bridgehead atoms. The van der Waals surface area contributed by atoms with Crippen LogP contribution in [0.15, 0.2) is 12.3 Å². The number of rotatable bonds is 5. The first-order chi connectivity index (χ1) is 11.6. The summed E-state index contributed by atoms with van der Waals surface area (Å²) in [5, 5.41) is 3.00. The number of fused-ring (bicyclic) bond motifs is 1. The Morgan fingerprint density at radius 3 is 2.88 bits per heavy atom. The van der Waals surface area contributed by atoms with Crippen LogP contribution in [0.3, 0.4) is 0 Å². The lowest BCUT2D eigenvalue weighted by molar-refractivity contribution is -0.116. The first kappa shape index (κ1) is 16.7. The van der Waals surface area contributed by atoms with E-state index in [0.29, 0.717) is 23.1 Å². The molecule has 0 saturated heterocycles. The van der Waals surface area contributed by atoms with E-state index in [2.05, 4.69) is 17.2 Å². The molecule has 1 aromatic heterocycles. The van der Waals surface area contributed by atoms with Crippen LogP contribution >= 0.6 is 0 Å². The van der Waals surface area contributed by atoms with Crippen LogP contribution in [-0.2, 0) is 4.79 Å². The zero-order chi connectivity index (χ0) is 17.1.